The zero-order valence-corrected chi connectivity index (χ0v) is 17.4. The predicted octanol–water partition coefficient (Wildman–Crippen LogP) is 6.53. The Bertz CT molecular complexity index is 1040. The summed E-state index contributed by atoms with van der Waals surface area (Å²) in [5, 5.41) is 3.77. The molecule has 0 unspecified atom stereocenters. The minimum atomic E-state index is -2.23. The Morgan fingerprint density at radius 2 is 0.966 bits per heavy atom. The standard InChI is InChI=1S/C27H24NP/c1-2-14-23-15-12-13-22-27(23)28-29(24-16-6-3-7-17-24,25-18-8-4-9-19-25)26-20-10-5-11-21-26/h2-22H,1H3/b14-2-. The van der Waals surface area contributed by atoms with Crippen molar-refractivity contribution in [3.8, 4) is 0 Å². The van der Waals surface area contributed by atoms with Crippen LogP contribution in [-0.2, 0) is 0 Å². The summed E-state index contributed by atoms with van der Waals surface area (Å²) in [7, 11) is -2.23. The van der Waals surface area contributed by atoms with Crippen LogP contribution in [0.1, 0.15) is 12.5 Å². The van der Waals surface area contributed by atoms with Gasteiger partial charge in [-0.3, -0.25) is 4.74 Å². The van der Waals surface area contributed by atoms with Gasteiger partial charge in [-0.2, -0.15) is 0 Å². The molecular formula is C27H24NP. The summed E-state index contributed by atoms with van der Waals surface area (Å²) >= 11 is 0. The Hall–Kier alpha value is -3.15. The first kappa shape index (κ1) is 19.2. The number of benzene rings is 4. The van der Waals surface area contributed by atoms with E-state index in [1.54, 1.807) is 0 Å². The van der Waals surface area contributed by atoms with Gasteiger partial charge in [-0.25, -0.2) is 0 Å². The largest absolute Gasteiger partial charge is 0.253 e. The molecule has 0 N–H and O–H groups in total. The molecule has 0 spiro atoms. The summed E-state index contributed by atoms with van der Waals surface area (Å²) in [4.78, 5) is 0. The summed E-state index contributed by atoms with van der Waals surface area (Å²) in [6, 6.07) is 40.6. The maximum atomic E-state index is 5.58. The highest BCUT2D eigenvalue weighted by atomic mass is 31.2. The smallest absolute Gasteiger partial charge is 0.0697 e. The Labute approximate surface area is 173 Å². The number of hydrogen-bond acceptors (Lipinski definition) is 1. The maximum Gasteiger partial charge on any atom is 0.0697 e. The van der Waals surface area contributed by atoms with E-state index in [1.807, 2.05) is 6.92 Å². The van der Waals surface area contributed by atoms with Gasteiger partial charge in [0.05, 0.1) is 12.7 Å². The van der Waals surface area contributed by atoms with Crippen LogP contribution in [0.4, 0.5) is 5.69 Å². The van der Waals surface area contributed by atoms with Crippen molar-refractivity contribution < 1.29 is 0 Å². The maximum absolute atomic E-state index is 5.58. The molecule has 29 heavy (non-hydrogen) atoms. The molecule has 0 fully saturated rings. The molecule has 0 bridgehead atoms. The first-order valence-electron chi connectivity index (χ1n) is 9.85. The van der Waals surface area contributed by atoms with E-state index in [1.165, 1.54) is 15.9 Å². The lowest BCUT2D eigenvalue weighted by Gasteiger charge is -2.27. The lowest BCUT2D eigenvalue weighted by molar-refractivity contribution is 1.52. The van der Waals surface area contributed by atoms with E-state index in [2.05, 4.69) is 127 Å². The van der Waals surface area contributed by atoms with Crippen LogP contribution in [0.15, 0.2) is 126 Å². The molecule has 0 heterocycles. The highest BCUT2D eigenvalue weighted by molar-refractivity contribution is 7.87. The van der Waals surface area contributed by atoms with Crippen molar-refractivity contribution in [2.45, 2.75) is 6.92 Å². The zero-order valence-electron chi connectivity index (χ0n) is 16.5. The fourth-order valence-corrected chi connectivity index (χ4v) is 7.17. The van der Waals surface area contributed by atoms with Crippen molar-refractivity contribution in [1.29, 1.82) is 0 Å². The predicted molar refractivity (Wildman–Crippen MR) is 128 cm³/mol. The first-order valence-corrected chi connectivity index (χ1v) is 11.6. The van der Waals surface area contributed by atoms with Crippen LogP contribution in [0.2, 0.25) is 0 Å². The molecule has 0 aliphatic carbocycles. The van der Waals surface area contributed by atoms with Crippen molar-refractivity contribution in [1.82, 2.24) is 0 Å². The minimum Gasteiger partial charge on any atom is -0.253 e. The topological polar surface area (TPSA) is 12.4 Å². The SMILES string of the molecule is C/C=C\c1ccccc1N=P(c1ccccc1)(c1ccccc1)c1ccccc1. The summed E-state index contributed by atoms with van der Waals surface area (Å²) in [5.41, 5.74) is 2.16. The fourth-order valence-electron chi connectivity index (χ4n) is 3.61. The van der Waals surface area contributed by atoms with Crippen molar-refractivity contribution in [3.05, 3.63) is 127 Å². The molecule has 4 aromatic rings. The molecule has 142 valence electrons. The van der Waals surface area contributed by atoms with Gasteiger partial charge in [-0.1, -0.05) is 121 Å². The third-order valence-corrected chi connectivity index (χ3v) is 8.58. The van der Waals surface area contributed by atoms with Gasteiger partial charge in [0.1, 0.15) is 0 Å². The molecule has 0 saturated carbocycles. The van der Waals surface area contributed by atoms with Gasteiger partial charge in [-0.05, 0) is 18.6 Å². The molecule has 0 aliphatic heterocycles. The van der Waals surface area contributed by atoms with Crippen LogP contribution < -0.4 is 15.9 Å². The third-order valence-electron chi connectivity index (χ3n) is 4.93. The van der Waals surface area contributed by atoms with Crippen LogP contribution in [0.3, 0.4) is 0 Å². The molecule has 4 aromatic carbocycles. The highest BCUT2D eigenvalue weighted by Crippen LogP contribution is 2.49. The van der Waals surface area contributed by atoms with Crippen molar-refractivity contribution in [3.63, 3.8) is 0 Å². The average Bonchev–Trinajstić information content (AvgIpc) is 2.80. The average molecular weight is 393 g/mol. The van der Waals surface area contributed by atoms with E-state index in [4.69, 9.17) is 4.74 Å². The first-order chi connectivity index (χ1) is 14.3. The van der Waals surface area contributed by atoms with Gasteiger partial charge < -0.3 is 0 Å². The van der Waals surface area contributed by atoms with Gasteiger partial charge >= 0.3 is 0 Å². The second kappa shape index (κ2) is 8.90. The number of rotatable bonds is 5. The number of nitrogens with zero attached hydrogens (tertiary/aromatic N) is 1. The molecule has 2 heteroatoms. The number of allylic oxidation sites excluding steroid dienone is 1. The molecule has 0 radical (unpaired) electrons. The van der Waals surface area contributed by atoms with Crippen LogP contribution in [0.5, 0.6) is 0 Å². The summed E-state index contributed by atoms with van der Waals surface area (Å²) in [6.07, 6.45) is 4.20. The molecule has 0 atom stereocenters. The second-order valence-corrected chi connectivity index (χ2v) is 9.82. The number of hydrogen-bond donors (Lipinski definition) is 0. The van der Waals surface area contributed by atoms with Crippen molar-refractivity contribution in [2.75, 3.05) is 0 Å². The molecule has 4 rings (SSSR count). The minimum absolute atomic E-state index is 1.02. The molecule has 0 aliphatic rings. The lowest BCUT2D eigenvalue weighted by atomic mass is 10.2. The van der Waals surface area contributed by atoms with Gasteiger partial charge in [0.15, 0.2) is 0 Å². The van der Waals surface area contributed by atoms with E-state index >= 15 is 0 Å². The molecule has 0 aromatic heterocycles. The van der Waals surface area contributed by atoms with E-state index in [-0.39, 0.29) is 0 Å². The van der Waals surface area contributed by atoms with Crippen LogP contribution in [0.25, 0.3) is 6.08 Å². The monoisotopic (exact) mass is 393 g/mol. The third kappa shape index (κ3) is 3.88. The zero-order chi connectivity index (χ0) is 19.9. The van der Waals surface area contributed by atoms with Gasteiger partial charge in [-0.15, -0.1) is 0 Å². The van der Waals surface area contributed by atoms with E-state index in [9.17, 15) is 0 Å². The van der Waals surface area contributed by atoms with E-state index in [0.717, 1.165) is 11.3 Å². The van der Waals surface area contributed by atoms with Gasteiger partial charge in [0.25, 0.3) is 0 Å². The van der Waals surface area contributed by atoms with Crippen LogP contribution in [-0.4, -0.2) is 0 Å². The second-order valence-electron chi connectivity index (χ2n) is 6.80. The van der Waals surface area contributed by atoms with Crippen LogP contribution in [0, 0.1) is 0 Å². The van der Waals surface area contributed by atoms with Gasteiger partial charge in [0, 0.05) is 15.9 Å². The molecular weight excluding hydrogens is 369 g/mol. The Morgan fingerprint density at radius 1 is 0.552 bits per heavy atom. The van der Waals surface area contributed by atoms with E-state index < -0.39 is 7.05 Å². The fraction of sp³-hybridized carbons (Fsp3) is 0.0370. The normalized spacial score (nSPS) is 11.5. The lowest BCUT2D eigenvalue weighted by Crippen LogP contribution is -2.25. The van der Waals surface area contributed by atoms with Crippen molar-refractivity contribution >= 4 is 34.7 Å². The van der Waals surface area contributed by atoms with E-state index in [0.29, 0.717) is 0 Å². The summed E-state index contributed by atoms with van der Waals surface area (Å²) in [6.45, 7) is 2.05. The molecule has 0 saturated heterocycles. The molecule has 1 nitrogen and oxygen atoms in total. The summed E-state index contributed by atoms with van der Waals surface area (Å²) < 4.78 is 5.58. The highest BCUT2D eigenvalue weighted by Gasteiger charge is 2.27. The van der Waals surface area contributed by atoms with Crippen molar-refractivity contribution in [2.24, 2.45) is 4.74 Å². The Morgan fingerprint density at radius 3 is 1.41 bits per heavy atom. The van der Waals surface area contributed by atoms with Crippen LogP contribution >= 0.6 is 7.05 Å². The molecule has 0 amide bonds. The Kier molecular flexibility index (Phi) is 5.89. The Balaban J connectivity index is 2.15. The summed E-state index contributed by atoms with van der Waals surface area (Å²) in [5.74, 6) is 0. The quantitative estimate of drug-likeness (QED) is 0.342. The van der Waals surface area contributed by atoms with Gasteiger partial charge in [0.2, 0.25) is 0 Å².